The van der Waals surface area contributed by atoms with Crippen LogP contribution in [0, 0.1) is 0 Å². The van der Waals surface area contributed by atoms with Gasteiger partial charge in [0.15, 0.2) is 25.0 Å². The predicted octanol–water partition coefficient (Wildman–Crippen LogP) is -2.15. The van der Waals surface area contributed by atoms with Crippen molar-refractivity contribution in [3.05, 3.63) is 0 Å². The van der Waals surface area contributed by atoms with Crippen LogP contribution in [0.5, 0.6) is 0 Å². The van der Waals surface area contributed by atoms with Crippen LogP contribution < -0.4 is 0 Å². The van der Waals surface area contributed by atoms with Gasteiger partial charge in [-0.3, -0.25) is 0 Å². The third-order valence-electron chi connectivity index (χ3n) is 5.85. The summed E-state index contributed by atoms with van der Waals surface area (Å²) in [6.45, 7) is 22.4. The first-order chi connectivity index (χ1) is 18.4. The minimum atomic E-state index is -5.60. The fraction of sp³-hybridized carbons (Fsp3) is 1.00. The largest absolute Gasteiger partial charge is 0.542 e. The van der Waals surface area contributed by atoms with E-state index in [4.69, 9.17) is 33.2 Å². The van der Waals surface area contributed by atoms with Gasteiger partial charge in [-0.1, -0.05) is 25.7 Å². The predicted molar refractivity (Wildman–Crippen MR) is 175 cm³/mol. The molecule has 0 saturated heterocycles. The highest BCUT2D eigenvalue weighted by atomic mass is 30.4. The average Bonchev–Trinajstić information content (AvgIpc) is 2.72. The van der Waals surface area contributed by atoms with Crippen LogP contribution in [-0.4, -0.2) is 141 Å². The van der Waals surface area contributed by atoms with Gasteiger partial charge in [-0.05, 0) is 64.3 Å². The molecule has 0 rings (SSSR count). The van der Waals surface area contributed by atoms with Crippen LogP contribution >= 0.6 is 0 Å². The van der Waals surface area contributed by atoms with Crippen molar-refractivity contribution in [2.45, 2.75) is 90.0 Å². The van der Waals surface area contributed by atoms with E-state index in [2.05, 4.69) is 32.7 Å². The SMILES string of the molecule is CCO[Si](C)(C)CC[Si](C)(C)O.C[Si](C)(C)CC[Si](C)(C)O.O=[Si](O)[Si]([Si](=O)O)([Si](=O)O)[Si]([Si](=O)O)([Si](=O)O)[Si](=O)O. The van der Waals surface area contributed by atoms with Gasteiger partial charge in [0.2, 0.25) is 0 Å². The monoisotopic (exact) mass is 804 g/mol. The fourth-order valence-corrected chi connectivity index (χ4v) is 106. The zero-order valence-electron chi connectivity index (χ0n) is 26.0. The second-order valence-corrected chi connectivity index (χ2v) is 81.2. The minimum Gasteiger partial charge on any atom is -0.542 e. The van der Waals surface area contributed by atoms with Gasteiger partial charge in [0.1, 0.15) is 0 Å². The van der Waals surface area contributed by atoms with Gasteiger partial charge < -0.3 is 69.6 Å². The lowest BCUT2D eigenvalue weighted by Crippen LogP contribution is -2.91. The summed E-state index contributed by atoms with van der Waals surface area (Å²) in [5, 5.41) is 0. The summed E-state index contributed by atoms with van der Waals surface area (Å²) in [7, 11) is -33.0. The van der Waals surface area contributed by atoms with E-state index in [1.807, 2.05) is 33.1 Å². The van der Waals surface area contributed by atoms with Crippen LogP contribution in [0.15, 0.2) is 0 Å². The summed E-state index contributed by atoms with van der Waals surface area (Å²) in [6, 6.07) is 4.44. The molecule has 0 spiro atoms. The van der Waals surface area contributed by atoms with E-state index in [0.29, 0.717) is 0 Å². The molecule has 8 N–H and O–H groups in total. The van der Waals surface area contributed by atoms with E-state index >= 15 is 0 Å². The zero-order chi connectivity index (χ0) is 34.7. The molecule has 0 saturated carbocycles. The maximum Gasteiger partial charge on any atom is 0.483 e. The van der Waals surface area contributed by atoms with E-state index < -0.39 is 96.0 Å². The summed E-state index contributed by atoms with van der Waals surface area (Å²) < 4.78 is 73.9. The minimum absolute atomic E-state index is 0.812. The standard InChI is InChI=1S/C8H22O2Si2.C7H20OSi2.H6O12Si8/c1-6-10-12(4,5)8-7-11(2,3)9;1-9(2,3)6-7-10(4,5)8;1-13(2)19(14(3)4,15(5)6)20(16(7)8,17(9)10)18(11)12/h9H,6-8H2,1-5H3;8H,6-7H2,1-5H3;1,3,5,7,9,11H. The van der Waals surface area contributed by atoms with Gasteiger partial charge >= 0.3 is 63.0 Å². The Morgan fingerprint density at radius 2 is 0.714 bits per heavy atom. The van der Waals surface area contributed by atoms with Crippen molar-refractivity contribution in [3.8, 4) is 0 Å². The Labute approximate surface area is 260 Å². The molecule has 0 aliphatic rings. The number of hydrogen-bond acceptors (Lipinski definition) is 9. The lowest BCUT2D eigenvalue weighted by atomic mass is 10.9. The quantitative estimate of drug-likeness (QED) is 0.0820. The Morgan fingerprint density at radius 1 is 0.476 bits per heavy atom. The van der Waals surface area contributed by atoms with E-state index in [9.17, 15) is 36.4 Å². The normalized spacial score (nSPS) is 12.6. The van der Waals surface area contributed by atoms with Crippen molar-refractivity contribution in [3.63, 3.8) is 0 Å². The maximum atomic E-state index is 11.4. The van der Waals surface area contributed by atoms with Gasteiger partial charge in [0, 0.05) is 14.7 Å². The Morgan fingerprint density at radius 3 is 0.857 bits per heavy atom. The van der Waals surface area contributed by atoms with E-state index in [-0.39, 0.29) is 0 Å². The van der Waals surface area contributed by atoms with Gasteiger partial charge in [0.25, 0.3) is 0 Å². The molecule has 0 heterocycles. The highest BCUT2D eigenvalue weighted by Crippen LogP contribution is 2.20. The summed E-state index contributed by atoms with van der Waals surface area (Å²) in [5.74, 6) is 0. The summed E-state index contributed by atoms with van der Waals surface area (Å²) >= 11 is 0. The molecule has 0 aromatic rings. The Bertz CT molecular complexity index is 852. The van der Waals surface area contributed by atoms with Gasteiger partial charge in [0.05, 0.1) is 0 Å². The Balaban J connectivity index is -0.000000590. The smallest absolute Gasteiger partial charge is 0.483 e. The summed E-state index contributed by atoms with van der Waals surface area (Å²) in [4.78, 5) is 74.1. The molecule has 0 aliphatic heterocycles. The molecule has 0 aliphatic carbocycles. The van der Waals surface area contributed by atoms with Crippen molar-refractivity contribution >= 4 is 96.0 Å². The first-order valence-electron chi connectivity index (χ1n) is 12.9. The second kappa shape index (κ2) is 18.3. The highest BCUT2D eigenvalue weighted by Gasteiger charge is 2.91. The van der Waals surface area contributed by atoms with Crippen LogP contribution in [0.25, 0.3) is 0 Å². The van der Waals surface area contributed by atoms with Crippen molar-refractivity contribution in [1.82, 2.24) is 0 Å². The Kier molecular flexibility index (Phi) is 20.2. The van der Waals surface area contributed by atoms with Crippen molar-refractivity contribution in [2.24, 2.45) is 0 Å². The molecule has 246 valence electrons. The van der Waals surface area contributed by atoms with E-state index in [0.717, 1.165) is 24.7 Å². The molecule has 27 heteroatoms. The van der Waals surface area contributed by atoms with E-state index in [1.54, 1.807) is 0 Å². The number of rotatable bonds is 15. The van der Waals surface area contributed by atoms with Gasteiger partial charge in [-0.25, -0.2) is 0 Å². The van der Waals surface area contributed by atoms with Crippen LogP contribution in [0.2, 0.25) is 83.1 Å². The first-order valence-corrected chi connectivity index (χ1v) is 45.1. The number of hydrogen-bond donors (Lipinski definition) is 8. The molecule has 0 fully saturated rings. The van der Waals surface area contributed by atoms with Crippen molar-refractivity contribution in [1.29, 1.82) is 0 Å². The summed E-state index contributed by atoms with van der Waals surface area (Å²) in [6.07, 6.45) is -11.2. The van der Waals surface area contributed by atoms with Crippen LogP contribution in [0.4, 0.5) is 0 Å². The fourth-order valence-electron chi connectivity index (χ4n) is 3.26. The van der Waals surface area contributed by atoms with Crippen LogP contribution in [0.3, 0.4) is 0 Å². The van der Waals surface area contributed by atoms with Gasteiger partial charge in [-0.2, -0.15) is 0 Å². The van der Waals surface area contributed by atoms with Crippen molar-refractivity contribution < 1.29 is 69.6 Å². The molecule has 0 radical (unpaired) electrons. The molecular weight excluding hydrogens is 757 g/mol. The third-order valence-corrected chi connectivity index (χ3v) is 109. The Hall–Kier alpha value is 0.0826. The topological polar surface area (TPSA) is 273 Å². The third kappa shape index (κ3) is 15.4. The molecular formula is C15H48O15Si12. The molecule has 0 bridgehead atoms. The zero-order valence-corrected chi connectivity index (χ0v) is 38.0. The average molecular weight is 806 g/mol. The highest BCUT2D eigenvalue weighted by molar-refractivity contribution is 8.14. The van der Waals surface area contributed by atoms with E-state index in [1.165, 1.54) is 6.04 Å². The van der Waals surface area contributed by atoms with Crippen LogP contribution in [0.1, 0.15) is 6.92 Å². The van der Waals surface area contributed by atoms with Gasteiger partial charge in [-0.15, -0.1) is 0 Å². The molecule has 0 amide bonds. The molecule has 15 nitrogen and oxygen atoms in total. The second-order valence-electron chi connectivity index (χ2n) is 12.7. The molecule has 0 atom stereocenters. The lowest BCUT2D eigenvalue weighted by Gasteiger charge is -2.24. The van der Waals surface area contributed by atoms with Crippen molar-refractivity contribution in [2.75, 3.05) is 6.61 Å². The molecule has 0 aromatic heterocycles. The van der Waals surface area contributed by atoms with Crippen LogP contribution in [-0.2, 0) is 31.2 Å². The first kappa shape index (κ1) is 46.5. The summed E-state index contributed by atoms with van der Waals surface area (Å²) in [5.41, 5.74) is 0. The molecule has 0 unspecified atom stereocenters. The maximum absolute atomic E-state index is 11.4. The lowest BCUT2D eigenvalue weighted by molar-refractivity contribution is 0.329. The molecule has 0 aromatic carbocycles. The molecule has 42 heavy (non-hydrogen) atoms.